The normalized spacial score (nSPS) is 24.8. The summed E-state index contributed by atoms with van der Waals surface area (Å²) in [6.45, 7) is 1.55. The van der Waals surface area contributed by atoms with Crippen LogP contribution in [0.1, 0.15) is 49.1 Å². The largest absolute Gasteiger partial charge is 0.379 e. The highest BCUT2D eigenvalue weighted by Gasteiger charge is 2.52. The number of fused-ring (bicyclic) bond motifs is 2. The Bertz CT molecular complexity index is 869. The Hall–Kier alpha value is -1.64. The molecule has 2 N–H and O–H groups in total. The number of rotatable bonds is 4. The van der Waals surface area contributed by atoms with Crippen molar-refractivity contribution >= 4 is 27.5 Å². The van der Waals surface area contributed by atoms with Crippen LogP contribution in [0.2, 0.25) is 0 Å². The zero-order chi connectivity index (χ0) is 17.9. The number of hydrogen-bond acceptors (Lipinski definition) is 4. The average Bonchev–Trinajstić information content (AvgIpc) is 3.37. The van der Waals surface area contributed by atoms with Gasteiger partial charge in [0.2, 0.25) is 5.91 Å². The van der Waals surface area contributed by atoms with Gasteiger partial charge in [0.15, 0.2) is 0 Å². The molecule has 1 amide bonds. The van der Waals surface area contributed by atoms with Gasteiger partial charge in [0.25, 0.3) is 0 Å². The first-order valence-corrected chi connectivity index (χ1v) is 10.8. The molecule has 0 bridgehead atoms. The van der Waals surface area contributed by atoms with Crippen molar-refractivity contribution < 1.29 is 17.9 Å². The maximum absolute atomic E-state index is 12.7. The topological polar surface area (TPSA) is 87.7 Å². The van der Waals surface area contributed by atoms with Crippen molar-refractivity contribution in [2.24, 2.45) is 0 Å². The van der Waals surface area contributed by atoms with Gasteiger partial charge in [-0.2, -0.15) is 12.7 Å². The quantitative estimate of drug-likeness (QED) is 0.839. The summed E-state index contributed by atoms with van der Waals surface area (Å²) >= 11 is 0. The minimum atomic E-state index is -3.62. The zero-order valence-corrected chi connectivity index (χ0v) is 15.4. The molecular weight excluding hydrogens is 354 g/mol. The summed E-state index contributed by atoms with van der Waals surface area (Å²) in [5, 5.41) is 3.09. The van der Waals surface area contributed by atoms with Gasteiger partial charge in [-0.3, -0.25) is 9.52 Å². The van der Waals surface area contributed by atoms with Crippen molar-refractivity contribution in [1.29, 1.82) is 0 Å². The first-order chi connectivity index (χ1) is 12.5. The molecule has 1 saturated heterocycles. The third kappa shape index (κ3) is 2.46. The molecular formula is C18H23N3O4S. The Morgan fingerprint density at radius 1 is 1.19 bits per heavy atom. The molecule has 1 spiro atoms. The van der Waals surface area contributed by atoms with Gasteiger partial charge in [-0.1, -0.05) is 6.42 Å². The molecule has 0 radical (unpaired) electrons. The van der Waals surface area contributed by atoms with Crippen molar-refractivity contribution in [3.8, 4) is 0 Å². The van der Waals surface area contributed by atoms with E-state index in [1.807, 2.05) is 12.1 Å². The smallest absolute Gasteiger partial charge is 0.301 e. The summed E-state index contributed by atoms with van der Waals surface area (Å²) in [6.07, 6.45) is 4.91. The van der Waals surface area contributed by atoms with E-state index in [1.54, 1.807) is 0 Å². The monoisotopic (exact) mass is 377 g/mol. The van der Waals surface area contributed by atoms with Crippen LogP contribution in [0.4, 0.5) is 11.4 Å². The van der Waals surface area contributed by atoms with Gasteiger partial charge < -0.3 is 10.1 Å². The average molecular weight is 377 g/mol. The van der Waals surface area contributed by atoms with Crippen molar-refractivity contribution in [3.05, 3.63) is 23.3 Å². The molecule has 5 rings (SSSR count). The van der Waals surface area contributed by atoms with Crippen molar-refractivity contribution in [2.75, 3.05) is 36.3 Å². The van der Waals surface area contributed by atoms with Crippen molar-refractivity contribution in [2.45, 2.75) is 43.4 Å². The van der Waals surface area contributed by atoms with E-state index in [9.17, 15) is 13.2 Å². The number of ether oxygens (including phenoxy) is 1. The Kier molecular flexibility index (Phi) is 3.61. The molecule has 4 aliphatic rings. The number of hydrogen-bond donors (Lipinski definition) is 2. The first-order valence-electron chi connectivity index (χ1n) is 9.35. The molecule has 2 heterocycles. The van der Waals surface area contributed by atoms with E-state index in [1.165, 1.54) is 4.31 Å². The lowest BCUT2D eigenvalue weighted by molar-refractivity contribution is -0.123. The number of anilines is 2. The molecule has 1 aromatic rings. The second-order valence-corrected chi connectivity index (χ2v) is 9.44. The van der Waals surface area contributed by atoms with Crippen LogP contribution < -0.4 is 10.0 Å². The summed E-state index contributed by atoms with van der Waals surface area (Å²) in [4.78, 5) is 12.6. The molecule has 7 nitrogen and oxygen atoms in total. The second-order valence-electron chi connectivity index (χ2n) is 7.77. The van der Waals surface area contributed by atoms with Crippen LogP contribution in [0.3, 0.4) is 0 Å². The van der Waals surface area contributed by atoms with E-state index >= 15 is 0 Å². The molecule has 3 fully saturated rings. The Balaban J connectivity index is 1.52. The zero-order valence-electron chi connectivity index (χ0n) is 14.6. The number of carbonyl (C=O) groups is 1. The number of carbonyl (C=O) groups excluding carboxylic acids is 1. The molecule has 1 aromatic carbocycles. The van der Waals surface area contributed by atoms with E-state index in [0.29, 0.717) is 37.9 Å². The third-order valence-corrected chi connectivity index (χ3v) is 7.68. The third-order valence-electron chi connectivity index (χ3n) is 6.14. The minimum absolute atomic E-state index is 0.0776. The minimum Gasteiger partial charge on any atom is -0.379 e. The van der Waals surface area contributed by atoms with Crippen LogP contribution in [0.5, 0.6) is 0 Å². The molecule has 140 valence electrons. The van der Waals surface area contributed by atoms with Gasteiger partial charge in [0, 0.05) is 18.8 Å². The van der Waals surface area contributed by atoms with Gasteiger partial charge in [-0.15, -0.1) is 0 Å². The summed E-state index contributed by atoms with van der Waals surface area (Å²) in [5.74, 6) is 0.501. The van der Waals surface area contributed by atoms with Gasteiger partial charge in [0.05, 0.1) is 24.3 Å². The summed E-state index contributed by atoms with van der Waals surface area (Å²) in [7, 11) is -3.62. The summed E-state index contributed by atoms with van der Waals surface area (Å²) in [5.41, 5.74) is 3.13. The van der Waals surface area contributed by atoms with Crippen molar-refractivity contribution in [3.63, 3.8) is 0 Å². The predicted molar refractivity (Wildman–Crippen MR) is 97.5 cm³/mol. The van der Waals surface area contributed by atoms with Crippen molar-refractivity contribution in [1.82, 2.24) is 4.31 Å². The van der Waals surface area contributed by atoms with E-state index in [2.05, 4.69) is 10.0 Å². The Morgan fingerprint density at radius 2 is 1.92 bits per heavy atom. The fourth-order valence-electron chi connectivity index (χ4n) is 4.34. The van der Waals surface area contributed by atoms with Crippen LogP contribution >= 0.6 is 0 Å². The lowest BCUT2D eigenvalue weighted by atomic mass is 9.65. The van der Waals surface area contributed by atoms with Gasteiger partial charge in [0.1, 0.15) is 0 Å². The Morgan fingerprint density at radius 3 is 2.54 bits per heavy atom. The lowest BCUT2D eigenvalue weighted by Gasteiger charge is -2.36. The van der Waals surface area contributed by atoms with Gasteiger partial charge >= 0.3 is 10.2 Å². The maximum Gasteiger partial charge on any atom is 0.301 e. The second kappa shape index (κ2) is 5.68. The predicted octanol–water partition coefficient (Wildman–Crippen LogP) is 1.93. The van der Waals surface area contributed by atoms with Crippen LogP contribution in [-0.4, -0.2) is 44.9 Å². The molecule has 0 aromatic heterocycles. The van der Waals surface area contributed by atoms with E-state index in [4.69, 9.17) is 4.74 Å². The highest BCUT2D eigenvalue weighted by Crippen LogP contribution is 2.56. The fourth-order valence-corrected chi connectivity index (χ4v) is 5.51. The fraction of sp³-hybridized carbons (Fsp3) is 0.611. The highest BCUT2D eigenvalue weighted by molar-refractivity contribution is 7.90. The first kappa shape index (κ1) is 16.5. The molecule has 2 saturated carbocycles. The molecule has 0 atom stereocenters. The molecule has 0 unspecified atom stereocenters. The maximum atomic E-state index is 12.7. The SMILES string of the molecule is O=C1Nc2c(C3CC3)cc(NS(=O)(=O)N3CCOCC3)cc2C12CCC2. The molecule has 26 heavy (non-hydrogen) atoms. The van der Waals surface area contributed by atoms with E-state index < -0.39 is 15.6 Å². The lowest BCUT2D eigenvalue weighted by Crippen LogP contribution is -2.43. The van der Waals surface area contributed by atoms with Gasteiger partial charge in [-0.25, -0.2) is 0 Å². The number of morpholine rings is 1. The highest BCUT2D eigenvalue weighted by atomic mass is 32.2. The van der Waals surface area contributed by atoms with Crippen LogP contribution in [0.25, 0.3) is 0 Å². The Labute approximate surface area is 153 Å². The van der Waals surface area contributed by atoms with Crippen LogP contribution in [-0.2, 0) is 25.2 Å². The summed E-state index contributed by atoms with van der Waals surface area (Å²) in [6, 6.07) is 3.78. The van der Waals surface area contributed by atoms with E-state index in [-0.39, 0.29) is 5.91 Å². The number of nitrogens with zero attached hydrogens (tertiary/aromatic N) is 1. The number of amides is 1. The molecule has 8 heteroatoms. The number of benzene rings is 1. The number of nitrogens with one attached hydrogen (secondary N) is 2. The molecule has 2 aliphatic carbocycles. The van der Waals surface area contributed by atoms with Crippen LogP contribution in [0.15, 0.2) is 12.1 Å². The van der Waals surface area contributed by atoms with E-state index in [0.717, 1.165) is 48.9 Å². The standard InChI is InChI=1S/C18H23N3O4S/c22-17-18(4-1-5-18)15-11-13(10-14(12-2-3-12)16(15)19-17)20-26(23,24)21-6-8-25-9-7-21/h10-12,20H,1-9H2,(H,19,22). The molecule has 2 aliphatic heterocycles. The van der Waals surface area contributed by atoms with Crippen LogP contribution in [0, 0.1) is 0 Å². The van der Waals surface area contributed by atoms with Gasteiger partial charge in [-0.05, 0) is 54.9 Å². The summed E-state index contributed by atoms with van der Waals surface area (Å²) < 4.78 is 34.9.